The maximum atomic E-state index is 11.7. The molecule has 2 amide bonds. The molecule has 0 bridgehead atoms. The van der Waals surface area contributed by atoms with Gasteiger partial charge in [0, 0.05) is 48.2 Å². The number of nitrogens with zero attached hydrogens (tertiary/aromatic N) is 4. The molecule has 12 nitrogen and oxygen atoms in total. The van der Waals surface area contributed by atoms with Gasteiger partial charge in [-0.25, -0.2) is 10.9 Å². The number of hydrogen-bond acceptors (Lipinski definition) is 8. The summed E-state index contributed by atoms with van der Waals surface area (Å²) in [4.78, 5) is 43.7. The Bertz CT molecular complexity index is 938. The highest BCUT2D eigenvalue weighted by atomic mass is 16.6. The normalized spacial score (nSPS) is 10.8. The highest BCUT2D eigenvalue weighted by Crippen LogP contribution is 2.12. The number of nitrogens with one attached hydrogen (secondary N) is 2. The average Bonchev–Trinajstić information content (AvgIpc) is 2.72. The van der Waals surface area contributed by atoms with E-state index >= 15 is 0 Å². The van der Waals surface area contributed by atoms with Gasteiger partial charge in [0.1, 0.15) is 0 Å². The molecule has 0 saturated carbocycles. The third kappa shape index (κ3) is 7.26. The third-order valence-corrected chi connectivity index (χ3v) is 3.55. The number of rotatable bonds is 9. The molecule has 0 aliphatic carbocycles. The SMILES string of the molecule is O=C(CCC(=O)N/N=C/c1cccc([N+](=O)[O-])c1)N/N=C\c1cccc([N+](=O)[O-])c1. The minimum absolute atomic E-state index is 0.104. The first-order valence-electron chi connectivity index (χ1n) is 8.48. The summed E-state index contributed by atoms with van der Waals surface area (Å²) in [7, 11) is 0. The van der Waals surface area contributed by atoms with E-state index in [0.717, 1.165) is 0 Å². The summed E-state index contributed by atoms with van der Waals surface area (Å²) in [6.45, 7) is 0. The van der Waals surface area contributed by atoms with Gasteiger partial charge in [-0.05, 0) is 0 Å². The fraction of sp³-hybridized carbons (Fsp3) is 0.111. The van der Waals surface area contributed by atoms with Gasteiger partial charge in [0.05, 0.1) is 22.3 Å². The number of hydrogen-bond donors (Lipinski definition) is 2. The van der Waals surface area contributed by atoms with Crippen LogP contribution < -0.4 is 10.9 Å². The number of carbonyl (C=O) groups is 2. The molecule has 0 aliphatic heterocycles. The third-order valence-electron chi connectivity index (χ3n) is 3.55. The largest absolute Gasteiger partial charge is 0.273 e. The Labute approximate surface area is 169 Å². The van der Waals surface area contributed by atoms with E-state index in [1.54, 1.807) is 12.1 Å². The van der Waals surface area contributed by atoms with Crippen molar-refractivity contribution in [2.45, 2.75) is 12.8 Å². The molecule has 0 aromatic heterocycles. The molecule has 2 N–H and O–H groups in total. The summed E-state index contributed by atoms with van der Waals surface area (Å²) in [5, 5.41) is 28.8. The summed E-state index contributed by atoms with van der Waals surface area (Å²) in [6, 6.07) is 11.4. The van der Waals surface area contributed by atoms with Gasteiger partial charge in [-0.3, -0.25) is 29.8 Å². The van der Waals surface area contributed by atoms with Gasteiger partial charge in [-0.2, -0.15) is 10.2 Å². The zero-order valence-electron chi connectivity index (χ0n) is 15.4. The van der Waals surface area contributed by atoms with Gasteiger partial charge in [0.2, 0.25) is 11.8 Å². The van der Waals surface area contributed by atoms with Crippen molar-refractivity contribution in [2.75, 3.05) is 0 Å². The van der Waals surface area contributed by atoms with E-state index in [4.69, 9.17) is 0 Å². The van der Waals surface area contributed by atoms with E-state index in [1.807, 2.05) is 0 Å². The summed E-state index contributed by atoms with van der Waals surface area (Å²) < 4.78 is 0. The second-order valence-corrected chi connectivity index (χ2v) is 5.79. The lowest BCUT2D eigenvalue weighted by atomic mass is 10.2. The van der Waals surface area contributed by atoms with Crippen molar-refractivity contribution < 1.29 is 19.4 Å². The number of benzene rings is 2. The average molecular weight is 412 g/mol. The second kappa shape index (κ2) is 10.8. The molecule has 0 spiro atoms. The van der Waals surface area contributed by atoms with Gasteiger partial charge >= 0.3 is 0 Å². The molecule has 0 fully saturated rings. The molecule has 0 aliphatic rings. The van der Waals surface area contributed by atoms with Crippen LogP contribution in [0.1, 0.15) is 24.0 Å². The monoisotopic (exact) mass is 412 g/mol. The molecule has 30 heavy (non-hydrogen) atoms. The Balaban J connectivity index is 1.74. The van der Waals surface area contributed by atoms with Crippen LogP contribution >= 0.6 is 0 Å². The molecule has 0 unspecified atom stereocenters. The lowest BCUT2D eigenvalue weighted by Gasteiger charge is -2.00. The molecule has 0 saturated heterocycles. The first kappa shape index (κ1) is 21.8. The summed E-state index contributed by atoms with van der Waals surface area (Å²) >= 11 is 0. The number of hydrazone groups is 2. The van der Waals surface area contributed by atoms with E-state index in [0.29, 0.717) is 11.1 Å². The second-order valence-electron chi connectivity index (χ2n) is 5.79. The van der Waals surface area contributed by atoms with E-state index in [-0.39, 0.29) is 24.2 Å². The predicted octanol–water partition coefficient (Wildman–Crippen LogP) is 1.88. The summed E-state index contributed by atoms with van der Waals surface area (Å²) in [5.74, 6) is -1.07. The lowest BCUT2D eigenvalue weighted by Crippen LogP contribution is -2.22. The van der Waals surface area contributed by atoms with Crippen LogP contribution in [0.3, 0.4) is 0 Å². The molecule has 2 rings (SSSR count). The Morgan fingerprint density at radius 3 is 1.57 bits per heavy atom. The number of amides is 2. The number of nitro groups is 2. The Morgan fingerprint density at radius 2 is 1.20 bits per heavy atom. The molecule has 2 aromatic carbocycles. The molecule has 154 valence electrons. The van der Waals surface area contributed by atoms with Gasteiger partial charge in [0.25, 0.3) is 11.4 Å². The van der Waals surface area contributed by atoms with Crippen LogP contribution in [0, 0.1) is 20.2 Å². The van der Waals surface area contributed by atoms with E-state index in [9.17, 15) is 29.8 Å². The van der Waals surface area contributed by atoms with Crippen LogP contribution in [0.5, 0.6) is 0 Å². The van der Waals surface area contributed by atoms with E-state index in [1.165, 1.54) is 48.8 Å². The van der Waals surface area contributed by atoms with Crippen LogP contribution in [0.4, 0.5) is 11.4 Å². The summed E-state index contributed by atoms with van der Waals surface area (Å²) in [5.41, 5.74) is 5.07. The number of nitro benzene ring substituents is 2. The van der Waals surface area contributed by atoms with Crippen LogP contribution in [-0.4, -0.2) is 34.1 Å². The van der Waals surface area contributed by atoms with Crippen molar-refractivity contribution >= 4 is 35.6 Å². The van der Waals surface area contributed by atoms with Crippen molar-refractivity contribution in [2.24, 2.45) is 10.2 Å². The Kier molecular flexibility index (Phi) is 7.82. The molecule has 2 aromatic rings. The van der Waals surface area contributed by atoms with Gasteiger partial charge in [-0.15, -0.1) is 0 Å². The van der Waals surface area contributed by atoms with Gasteiger partial charge in [0.15, 0.2) is 0 Å². The fourth-order valence-electron chi connectivity index (χ4n) is 2.13. The smallest absolute Gasteiger partial charge is 0.270 e. The molecule has 0 radical (unpaired) electrons. The van der Waals surface area contributed by atoms with Crippen LogP contribution in [-0.2, 0) is 9.59 Å². The summed E-state index contributed by atoms with van der Waals surface area (Å²) in [6.07, 6.45) is 2.16. The van der Waals surface area contributed by atoms with Crippen molar-refractivity contribution in [3.8, 4) is 0 Å². The van der Waals surface area contributed by atoms with Crippen molar-refractivity contribution in [1.82, 2.24) is 10.9 Å². The van der Waals surface area contributed by atoms with Crippen LogP contribution in [0.2, 0.25) is 0 Å². The Hall–Kier alpha value is -4.48. The van der Waals surface area contributed by atoms with E-state index < -0.39 is 21.7 Å². The van der Waals surface area contributed by atoms with Gasteiger partial charge in [-0.1, -0.05) is 24.3 Å². The lowest BCUT2D eigenvalue weighted by molar-refractivity contribution is -0.385. The first-order chi connectivity index (χ1) is 14.3. The zero-order chi connectivity index (χ0) is 21.9. The zero-order valence-corrected chi connectivity index (χ0v) is 15.4. The fourth-order valence-corrected chi connectivity index (χ4v) is 2.13. The van der Waals surface area contributed by atoms with Crippen molar-refractivity contribution in [1.29, 1.82) is 0 Å². The van der Waals surface area contributed by atoms with E-state index in [2.05, 4.69) is 21.1 Å². The van der Waals surface area contributed by atoms with Crippen LogP contribution in [0.15, 0.2) is 58.7 Å². The maximum Gasteiger partial charge on any atom is 0.270 e. The van der Waals surface area contributed by atoms with Crippen molar-refractivity contribution in [3.63, 3.8) is 0 Å². The maximum absolute atomic E-state index is 11.7. The first-order valence-corrected chi connectivity index (χ1v) is 8.48. The topological polar surface area (TPSA) is 169 Å². The molecule has 0 atom stereocenters. The number of non-ortho nitro benzene ring substituents is 2. The molecular weight excluding hydrogens is 396 g/mol. The van der Waals surface area contributed by atoms with Crippen LogP contribution in [0.25, 0.3) is 0 Å². The molecule has 0 heterocycles. The van der Waals surface area contributed by atoms with Gasteiger partial charge < -0.3 is 0 Å². The highest BCUT2D eigenvalue weighted by Gasteiger charge is 2.07. The number of carbonyl (C=O) groups excluding carboxylic acids is 2. The highest BCUT2D eigenvalue weighted by molar-refractivity contribution is 5.86. The minimum Gasteiger partial charge on any atom is -0.273 e. The standard InChI is InChI=1S/C18H16N6O6/c25-17(21-19-11-13-3-1-5-15(9-13)23(27)28)7-8-18(26)22-20-12-14-4-2-6-16(10-14)24(29)30/h1-6,9-12H,7-8H2,(H,21,25)(H,22,26)/b19-11-,20-12+. The quantitative estimate of drug-likeness (QED) is 0.362. The molecular formula is C18H16N6O6. The van der Waals surface area contributed by atoms with Crippen molar-refractivity contribution in [3.05, 3.63) is 79.9 Å². The predicted molar refractivity (Wildman–Crippen MR) is 107 cm³/mol. The minimum atomic E-state index is -0.546. The molecule has 12 heteroatoms. The Morgan fingerprint density at radius 1 is 0.800 bits per heavy atom.